The molecular weight excluding hydrogens is 374 g/mol. The van der Waals surface area contributed by atoms with E-state index < -0.39 is 0 Å². The van der Waals surface area contributed by atoms with Crippen molar-refractivity contribution < 1.29 is 4.79 Å². The first kappa shape index (κ1) is 16.9. The van der Waals surface area contributed by atoms with Crippen molar-refractivity contribution in [1.82, 2.24) is 14.0 Å². The molecule has 0 saturated heterocycles. The number of amides is 1. The van der Waals surface area contributed by atoms with Crippen LogP contribution in [0.5, 0.6) is 0 Å². The summed E-state index contributed by atoms with van der Waals surface area (Å²) in [6.07, 6.45) is 6.49. The molecule has 4 nitrogen and oxygen atoms in total. The number of aromatic nitrogens is 1. The standard InChI is InChI=1S/C17H22BrN3OS/c1-21(2)23-20-17(22)12-8-9-13-14(10-12)19-16(18)15(13)11-6-4-3-5-7-11/h8-11,19H,3-7H2,1-2H3,(H,20,22). The topological polar surface area (TPSA) is 48.1 Å². The largest absolute Gasteiger partial charge is 0.349 e. The van der Waals surface area contributed by atoms with E-state index in [1.165, 1.54) is 55.2 Å². The molecule has 1 aliphatic rings. The highest BCUT2D eigenvalue weighted by molar-refractivity contribution is 9.10. The molecule has 1 fully saturated rings. The van der Waals surface area contributed by atoms with Gasteiger partial charge in [0.05, 0.1) is 4.60 Å². The van der Waals surface area contributed by atoms with Gasteiger partial charge in [-0.2, -0.15) is 0 Å². The van der Waals surface area contributed by atoms with Gasteiger partial charge in [0.15, 0.2) is 0 Å². The molecule has 2 N–H and O–H groups in total. The van der Waals surface area contributed by atoms with Crippen LogP contribution in [0.2, 0.25) is 0 Å². The Morgan fingerprint density at radius 2 is 2.04 bits per heavy atom. The number of carbonyl (C=O) groups is 1. The van der Waals surface area contributed by atoms with Gasteiger partial charge in [-0.05, 0) is 66.5 Å². The molecule has 1 heterocycles. The van der Waals surface area contributed by atoms with Gasteiger partial charge in [-0.3, -0.25) is 9.52 Å². The quantitative estimate of drug-likeness (QED) is 0.728. The van der Waals surface area contributed by atoms with E-state index in [4.69, 9.17) is 0 Å². The number of halogens is 1. The third-order valence-electron chi connectivity index (χ3n) is 4.39. The zero-order chi connectivity index (χ0) is 16.4. The number of H-pyrrole nitrogens is 1. The molecule has 3 rings (SSSR count). The molecule has 0 unspecified atom stereocenters. The van der Waals surface area contributed by atoms with Gasteiger partial charge in [0, 0.05) is 28.6 Å². The van der Waals surface area contributed by atoms with Crippen molar-refractivity contribution in [2.75, 3.05) is 14.1 Å². The van der Waals surface area contributed by atoms with E-state index in [9.17, 15) is 4.79 Å². The summed E-state index contributed by atoms with van der Waals surface area (Å²) in [5, 5.41) is 1.24. The third kappa shape index (κ3) is 3.75. The van der Waals surface area contributed by atoms with Crippen molar-refractivity contribution >= 4 is 44.9 Å². The molecule has 0 aliphatic heterocycles. The van der Waals surface area contributed by atoms with Crippen LogP contribution in [-0.4, -0.2) is 29.3 Å². The fraction of sp³-hybridized carbons (Fsp3) is 0.471. The number of carbonyl (C=O) groups excluding carboxylic acids is 1. The van der Waals surface area contributed by atoms with Crippen molar-refractivity contribution in [1.29, 1.82) is 0 Å². The molecule has 1 aliphatic carbocycles. The summed E-state index contributed by atoms with van der Waals surface area (Å²) >= 11 is 4.97. The van der Waals surface area contributed by atoms with Gasteiger partial charge in [-0.1, -0.05) is 25.3 Å². The van der Waals surface area contributed by atoms with Crippen LogP contribution in [0, 0.1) is 0 Å². The van der Waals surface area contributed by atoms with Crippen LogP contribution >= 0.6 is 28.1 Å². The van der Waals surface area contributed by atoms with E-state index >= 15 is 0 Å². The van der Waals surface area contributed by atoms with Gasteiger partial charge >= 0.3 is 0 Å². The fourth-order valence-electron chi connectivity index (χ4n) is 3.31. The lowest BCUT2D eigenvalue weighted by Crippen LogP contribution is -2.20. The summed E-state index contributed by atoms with van der Waals surface area (Å²) in [6, 6.07) is 5.94. The zero-order valence-electron chi connectivity index (χ0n) is 13.5. The summed E-state index contributed by atoms with van der Waals surface area (Å²) in [5.74, 6) is 0.548. The van der Waals surface area contributed by atoms with Crippen molar-refractivity contribution in [3.63, 3.8) is 0 Å². The van der Waals surface area contributed by atoms with Gasteiger partial charge in [-0.15, -0.1) is 0 Å². The van der Waals surface area contributed by atoms with Gasteiger partial charge in [0.2, 0.25) is 0 Å². The summed E-state index contributed by atoms with van der Waals surface area (Å²) in [4.78, 5) is 15.6. The van der Waals surface area contributed by atoms with Crippen LogP contribution in [0.3, 0.4) is 0 Å². The highest BCUT2D eigenvalue weighted by Crippen LogP contribution is 2.40. The van der Waals surface area contributed by atoms with Crippen molar-refractivity contribution in [2.24, 2.45) is 0 Å². The number of fused-ring (bicyclic) bond motifs is 1. The Hall–Kier alpha value is -0.980. The maximum atomic E-state index is 12.2. The van der Waals surface area contributed by atoms with Crippen molar-refractivity contribution in [3.8, 4) is 0 Å². The normalized spacial score (nSPS) is 16.2. The minimum atomic E-state index is -0.0736. The Labute approximate surface area is 149 Å². The highest BCUT2D eigenvalue weighted by Gasteiger charge is 2.22. The van der Waals surface area contributed by atoms with E-state index in [1.807, 2.05) is 30.5 Å². The Bertz CT molecular complexity index is 707. The monoisotopic (exact) mass is 395 g/mol. The number of nitrogens with zero attached hydrogens (tertiary/aromatic N) is 1. The molecule has 1 aromatic carbocycles. The summed E-state index contributed by atoms with van der Waals surface area (Å²) in [7, 11) is 3.79. The van der Waals surface area contributed by atoms with Crippen molar-refractivity contribution in [3.05, 3.63) is 33.9 Å². The molecular formula is C17H22BrN3OS. The Morgan fingerprint density at radius 3 is 2.74 bits per heavy atom. The smallest absolute Gasteiger partial charge is 0.262 e. The van der Waals surface area contributed by atoms with E-state index in [1.54, 1.807) is 0 Å². The average Bonchev–Trinajstić information content (AvgIpc) is 2.88. The minimum Gasteiger partial charge on any atom is -0.349 e. The molecule has 0 spiro atoms. The summed E-state index contributed by atoms with van der Waals surface area (Å²) < 4.78 is 5.75. The molecule has 1 saturated carbocycles. The Morgan fingerprint density at radius 1 is 1.30 bits per heavy atom. The molecule has 1 amide bonds. The van der Waals surface area contributed by atoms with Gasteiger partial charge in [0.25, 0.3) is 5.91 Å². The van der Waals surface area contributed by atoms with Crippen molar-refractivity contribution in [2.45, 2.75) is 38.0 Å². The summed E-state index contributed by atoms with van der Waals surface area (Å²) in [6.45, 7) is 0. The maximum absolute atomic E-state index is 12.2. The highest BCUT2D eigenvalue weighted by atomic mass is 79.9. The maximum Gasteiger partial charge on any atom is 0.262 e. The number of rotatable bonds is 4. The molecule has 0 atom stereocenters. The number of hydrogen-bond acceptors (Lipinski definition) is 3. The van der Waals surface area contributed by atoms with Gasteiger partial charge in [0.1, 0.15) is 0 Å². The third-order valence-corrected chi connectivity index (χ3v) is 5.65. The van der Waals surface area contributed by atoms with Gasteiger partial charge < -0.3 is 4.98 Å². The predicted molar refractivity (Wildman–Crippen MR) is 101 cm³/mol. The van der Waals surface area contributed by atoms with E-state index in [0.717, 1.165) is 10.1 Å². The second-order valence-corrected chi connectivity index (χ2v) is 8.19. The zero-order valence-corrected chi connectivity index (χ0v) is 15.9. The number of hydrogen-bond donors (Lipinski definition) is 2. The lowest BCUT2D eigenvalue weighted by molar-refractivity contribution is 0.0983. The van der Waals surface area contributed by atoms with E-state index in [2.05, 4.69) is 31.7 Å². The molecule has 124 valence electrons. The number of benzene rings is 1. The fourth-order valence-corrected chi connectivity index (χ4v) is 4.44. The van der Waals surface area contributed by atoms with Crippen LogP contribution in [0.25, 0.3) is 10.9 Å². The molecule has 23 heavy (non-hydrogen) atoms. The first-order valence-electron chi connectivity index (χ1n) is 8.02. The van der Waals surface area contributed by atoms with E-state index in [-0.39, 0.29) is 5.91 Å². The first-order valence-corrected chi connectivity index (χ1v) is 9.58. The van der Waals surface area contributed by atoms with Crippen LogP contribution in [-0.2, 0) is 0 Å². The number of nitrogens with one attached hydrogen (secondary N) is 2. The molecule has 1 aromatic heterocycles. The molecule has 6 heteroatoms. The molecule has 2 aromatic rings. The molecule has 0 bridgehead atoms. The first-order chi connectivity index (χ1) is 11.1. The SMILES string of the molecule is CN(C)SNC(=O)c1ccc2c(C3CCCCC3)c(Br)[nH]c2c1. The van der Waals surface area contributed by atoms with Crippen LogP contribution in [0.15, 0.2) is 22.8 Å². The van der Waals surface area contributed by atoms with Crippen LogP contribution < -0.4 is 4.72 Å². The van der Waals surface area contributed by atoms with Crippen LogP contribution in [0.4, 0.5) is 0 Å². The minimum absolute atomic E-state index is 0.0736. The van der Waals surface area contributed by atoms with Crippen LogP contribution in [0.1, 0.15) is 53.9 Å². The van der Waals surface area contributed by atoms with E-state index in [0.29, 0.717) is 11.5 Å². The second kappa shape index (κ2) is 7.28. The Kier molecular flexibility index (Phi) is 5.34. The molecule has 0 radical (unpaired) electrons. The Balaban J connectivity index is 1.88. The van der Waals surface area contributed by atoms with Gasteiger partial charge in [-0.25, -0.2) is 4.31 Å². The number of aromatic amines is 1. The average molecular weight is 396 g/mol. The summed E-state index contributed by atoms with van der Waals surface area (Å²) in [5.41, 5.74) is 3.09. The lowest BCUT2D eigenvalue weighted by atomic mass is 9.84. The second-order valence-electron chi connectivity index (χ2n) is 6.28. The lowest BCUT2D eigenvalue weighted by Gasteiger charge is -2.21. The predicted octanol–water partition coefficient (Wildman–Crippen LogP) is 4.83.